The van der Waals surface area contributed by atoms with Crippen LogP contribution in [0.25, 0.3) is 11.2 Å². The molecule has 0 saturated carbocycles. The average Bonchev–Trinajstić information content (AvgIpc) is 0.803. The Balaban J connectivity index is 0.000000660. The summed E-state index contributed by atoms with van der Waals surface area (Å²) in [5, 5.41) is 136. The van der Waals surface area contributed by atoms with Crippen molar-refractivity contribution in [3.05, 3.63) is 71.5 Å². The molecule has 0 radical (unpaired) electrons. The number of aliphatic carboxylic acids is 12. The molecular formula is C73H94N18O34. The molecule has 52 nitrogen and oxygen atoms in total. The molecule has 2 aromatic carbocycles. The number of nitrogens with two attached hydrogens (primary N) is 2. The van der Waals surface area contributed by atoms with Crippen LogP contribution < -0.4 is 74.9 Å². The SMILES string of the molecule is CN(Cc1cnc2nc(N)nc(N)c2n1)c1ccc(C(=O)NC(CCC(=O)NC(CCC(=O)NC(CCC(=O)NC(CCC(=O)NC(CCC(=O)O)C(=O)O)C(=O)O)C(=O)O)C(=O)O)C(=O)O)cc1.CNc1ccc(C(=O)NC(CCC(=O)NC(CCC(=O)NC(CCC(=O)NC(CCC(=O)NC(CCC(=O)O)C(=O)O)C(=O)O)C(=O)O)C(=O)O)C(=O)O)cc1. The van der Waals surface area contributed by atoms with Crippen LogP contribution in [-0.2, 0) is 102 Å². The lowest BCUT2D eigenvalue weighted by atomic mass is 10.1. The number of carboxylic acid groups (broad SMARTS) is 12. The Bertz CT molecular complexity index is 4630. The van der Waals surface area contributed by atoms with Crippen molar-refractivity contribution in [1.82, 2.24) is 73.1 Å². The second-order valence-corrected chi connectivity index (χ2v) is 27.3. The van der Waals surface area contributed by atoms with Crippen LogP contribution in [0.3, 0.4) is 0 Å². The van der Waals surface area contributed by atoms with Gasteiger partial charge in [0.05, 0.1) is 18.4 Å². The zero-order valence-corrected chi connectivity index (χ0v) is 66.6. The van der Waals surface area contributed by atoms with Gasteiger partial charge in [0.15, 0.2) is 17.0 Å². The second kappa shape index (κ2) is 51.8. The van der Waals surface area contributed by atoms with Gasteiger partial charge in [0, 0.05) is 101 Å². The summed E-state index contributed by atoms with van der Waals surface area (Å²) in [6.45, 7) is 0.252. The Labute approximate surface area is 705 Å². The molecule has 0 aliphatic rings. The molecule has 0 aliphatic carbocycles. The van der Waals surface area contributed by atoms with E-state index in [9.17, 15) is 151 Å². The van der Waals surface area contributed by atoms with E-state index >= 15 is 0 Å². The predicted molar refractivity (Wildman–Crippen MR) is 420 cm³/mol. The molecule has 0 spiro atoms. The van der Waals surface area contributed by atoms with E-state index in [1.54, 1.807) is 43.3 Å². The van der Waals surface area contributed by atoms with E-state index in [0.717, 1.165) is 0 Å². The molecule has 0 bridgehead atoms. The van der Waals surface area contributed by atoms with E-state index in [-0.39, 0.29) is 40.6 Å². The molecule has 52 heteroatoms. The van der Waals surface area contributed by atoms with Gasteiger partial charge < -0.3 is 136 Å². The average molecular weight is 1770 g/mol. The number of anilines is 4. The Morgan fingerprint density at radius 1 is 0.320 bits per heavy atom. The molecule has 27 N–H and O–H groups in total. The van der Waals surface area contributed by atoms with Gasteiger partial charge >= 0.3 is 71.6 Å². The molecule has 125 heavy (non-hydrogen) atoms. The zero-order chi connectivity index (χ0) is 94.1. The van der Waals surface area contributed by atoms with Crippen molar-refractivity contribution in [2.75, 3.05) is 35.8 Å². The summed E-state index contributed by atoms with van der Waals surface area (Å²) in [7, 11) is 3.40. The van der Waals surface area contributed by atoms with Crippen molar-refractivity contribution < 1.29 is 167 Å². The third kappa shape index (κ3) is 39.0. The van der Waals surface area contributed by atoms with Crippen LogP contribution in [-0.4, -0.2) is 286 Å². The van der Waals surface area contributed by atoms with Gasteiger partial charge in [0.1, 0.15) is 60.4 Å². The van der Waals surface area contributed by atoms with Crippen LogP contribution in [0.4, 0.5) is 23.1 Å². The van der Waals surface area contributed by atoms with Crippen LogP contribution in [0.5, 0.6) is 0 Å². The number of aromatic nitrogens is 4. The zero-order valence-electron chi connectivity index (χ0n) is 66.6. The molecular weight excluding hydrogens is 1670 g/mol. The highest BCUT2D eigenvalue weighted by molar-refractivity contribution is 5.99. The smallest absolute Gasteiger partial charge is 0.326 e. The highest BCUT2D eigenvalue weighted by atomic mass is 16.4. The highest BCUT2D eigenvalue weighted by Gasteiger charge is 2.33. The first-order valence-electron chi connectivity index (χ1n) is 37.5. The maximum atomic E-state index is 13.0. The van der Waals surface area contributed by atoms with Gasteiger partial charge in [-0.2, -0.15) is 9.97 Å². The number of fused-ring (bicyclic) bond motifs is 1. The normalized spacial score (nSPS) is 13.1. The lowest BCUT2D eigenvalue weighted by molar-refractivity contribution is -0.144. The van der Waals surface area contributed by atoms with Crippen LogP contribution in [0.1, 0.15) is 155 Å². The van der Waals surface area contributed by atoms with Gasteiger partial charge in [0.25, 0.3) is 11.8 Å². The maximum absolute atomic E-state index is 13.0. The molecule has 10 atom stereocenters. The van der Waals surface area contributed by atoms with Crippen LogP contribution >= 0.6 is 0 Å². The molecule has 0 aliphatic heterocycles. The summed E-state index contributed by atoms with van der Waals surface area (Å²) in [6.07, 6.45) is -9.68. The molecule has 680 valence electrons. The first-order chi connectivity index (χ1) is 58.7. The molecule has 2 heterocycles. The van der Waals surface area contributed by atoms with E-state index in [2.05, 4.69) is 73.1 Å². The number of amides is 10. The van der Waals surface area contributed by atoms with Crippen molar-refractivity contribution in [2.24, 2.45) is 0 Å². The molecule has 2 aromatic heterocycles. The number of hydrogen-bond donors (Lipinski definition) is 25. The van der Waals surface area contributed by atoms with E-state index in [1.807, 2.05) is 5.32 Å². The summed E-state index contributed by atoms with van der Waals surface area (Å²) >= 11 is 0. The summed E-state index contributed by atoms with van der Waals surface area (Å²) in [4.78, 5) is 281. The third-order valence-corrected chi connectivity index (χ3v) is 17.8. The maximum Gasteiger partial charge on any atom is 0.326 e. The number of carboxylic acids is 12. The fourth-order valence-corrected chi connectivity index (χ4v) is 11.0. The van der Waals surface area contributed by atoms with E-state index < -0.39 is 320 Å². The lowest BCUT2D eigenvalue weighted by Gasteiger charge is -2.20. The number of carbonyl (C=O) groups is 22. The number of benzene rings is 2. The first kappa shape index (κ1) is 104. The summed E-state index contributed by atoms with van der Waals surface area (Å²) in [6, 6.07) is -4.32. The molecule has 0 saturated heterocycles. The van der Waals surface area contributed by atoms with Crippen LogP contribution in [0.15, 0.2) is 54.7 Å². The molecule has 0 fully saturated rings. The standard InChI is InChI=1S/C40H50N12O17.C33H44N6O17/c1-52(17-19-16-43-33-31(44-19)32(41)50-40(42)51-33)20-4-2-18(3-5-20)34(59)49-25(39(68)69)9-14-29(56)47-23(37(64)65)7-12-27(54)45-21(35(60)61)6-11-26(53)46-22(36(62)63)8-13-28(55)48-24(38(66)67)10-15-30(57)58;1-34-17-4-2-16(3-5-17)28(46)39-22(33(55)56)9-14-26(43)37-20(31(51)52)7-12-24(41)35-18(29(47)48)6-11-23(40)36-19(30(49)50)8-13-25(42)38-21(32(53)54)10-15-27(44)45/h2-5,16,21-25H,6-15,17H2,1H3,(H,45,54)(H,46,53)(H,47,56)(H,48,55)(H,49,59)(H,57,58)(H,60,61)(H,62,63)(H,64,65)(H,66,67)(H,68,69)(H4,41,42,43,50,51);2-5,18-22,34H,6-15H2,1H3,(H,35,41)(H,36,40)(H,37,43)(H,38,42)(H,39,46)(H,44,45)(H,47,48)(H,49,50)(H,51,52)(H,53,54)(H,55,56). The number of nitrogen functional groups attached to an aromatic ring is 2. The topological polar surface area (TPSA) is 857 Å². The van der Waals surface area contributed by atoms with Gasteiger partial charge in [0.2, 0.25) is 53.2 Å². The largest absolute Gasteiger partial charge is 0.481 e. The quantitative estimate of drug-likeness (QED) is 0.0199. The Hall–Kier alpha value is -15.6. The van der Waals surface area contributed by atoms with Gasteiger partial charge in [-0.1, -0.05) is 0 Å². The monoisotopic (exact) mass is 1770 g/mol. The number of nitrogens with zero attached hydrogens (tertiary/aromatic N) is 5. The van der Waals surface area contributed by atoms with Gasteiger partial charge in [-0.3, -0.25) is 57.5 Å². The van der Waals surface area contributed by atoms with Crippen molar-refractivity contribution in [3.63, 3.8) is 0 Å². The minimum Gasteiger partial charge on any atom is -0.481 e. The first-order valence-corrected chi connectivity index (χ1v) is 37.5. The Kier molecular flexibility index (Phi) is 42.9. The van der Waals surface area contributed by atoms with Crippen molar-refractivity contribution in [2.45, 2.75) is 195 Å². The summed E-state index contributed by atoms with van der Waals surface area (Å²) < 4.78 is 0. The number of nitrogens with one attached hydrogen (secondary N) is 11. The Morgan fingerprint density at radius 3 is 0.784 bits per heavy atom. The molecule has 10 unspecified atom stereocenters. The number of carbonyl (C=O) groups excluding carboxylic acids is 10. The lowest BCUT2D eigenvalue weighted by Crippen LogP contribution is -2.46. The van der Waals surface area contributed by atoms with Gasteiger partial charge in [-0.05, 0) is 113 Å². The second-order valence-electron chi connectivity index (χ2n) is 27.3. The van der Waals surface area contributed by atoms with Crippen LogP contribution in [0, 0.1) is 0 Å². The van der Waals surface area contributed by atoms with Gasteiger partial charge in [-0.15, -0.1) is 0 Å². The van der Waals surface area contributed by atoms with Crippen molar-refractivity contribution in [1.29, 1.82) is 0 Å². The highest BCUT2D eigenvalue weighted by Crippen LogP contribution is 2.21. The molecule has 4 aromatic rings. The molecule has 4 rings (SSSR count). The van der Waals surface area contributed by atoms with Crippen molar-refractivity contribution in [3.8, 4) is 0 Å². The molecule has 10 amide bonds. The third-order valence-electron chi connectivity index (χ3n) is 17.8. The number of rotatable bonds is 56. The minimum atomic E-state index is -1.73. The number of hydrogen-bond acceptors (Lipinski definition) is 30. The van der Waals surface area contributed by atoms with Crippen LogP contribution in [0.2, 0.25) is 0 Å². The van der Waals surface area contributed by atoms with E-state index in [4.69, 9.17) is 26.8 Å². The van der Waals surface area contributed by atoms with Crippen molar-refractivity contribution >= 4 is 165 Å². The van der Waals surface area contributed by atoms with E-state index in [0.29, 0.717) is 17.1 Å². The Morgan fingerprint density at radius 2 is 0.552 bits per heavy atom. The minimum absolute atomic E-state index is 0.0522. The summed E-state index contributed by atoms with van der Waals surface area (Å²) in [5.74, 6) is -27.5. The van der Waals surface area contributed by atoms with E-state index in [1.165, 1.54) is 30.5 Å². The fraction of sp³-hybridized carbons (Fsp3) is 0.452. The fourth-order valence-electron chi connectivity index (χ4n) is 11.0. The predicted octanol–water partition coefficient (Wildman–Crippen LogP) is -4.16. The summed E-state index contributed by atoms with van der Waals surface area (Å²) in [5.41, 5.74) is 14.0. The van der Waals surface area contributed by atoms with Gasteiger partial charge in [-0.25, -0.2) is 57.9 Å².